The third kappa shape index (κ3) is 3.69. The molecular weight excluding hydrogens is 246 g/mol. The van der Waals surface area contributed by atoms with E-state index in [1.54, 1.807) is 0 Å². The van der Waals surface area contributed by atoms with Gasteiger partial charge in [-0.1, -0.05) is 74.5 Å². The molecule has 2 rings (SSSR count). The molecule has 0 amide bonds. The molecule has 0 saturated carbocycles. The van der Waals surface area contributed by atoms with E-state index in [0.29, 0.717) is 6.04 Å². The van der Waals surface area contributed by atoms with E-state index in [2.05, 4.69) is 67.7 Å². The fourth-order valence-electron chi connectivity index (χ4n) is 2.66. The van der Waals surface area contributed by atoms with Crippen molar-refractivity contribution in [3.63, 3.8) is 0 Å². The lowest BCUT2D eigenvalue weighted by Crippen LogP contribution is -2.42. The minimum Gasteiger partial charge on any atom is -0.395 e. The highest BCUT2D eigenvalue weighted by atomic mass is 16.3. The van der Waals surface area contributed by atoms with E-state index in [0.717, 1.165) is 0 Å². The summed E-state index contributed by atoms with van der Waals surface area (Å²) in [6.07, 6.45) is 0. The second-order valence-electron chi connectivity index (χ2n) is 5.41. The van der Waals surface area contributed by atoms with Gasteiger partial charge in [0.2, 0.25) is 0 Å². The SMILES string of the molecule is CC(C)NC(CO)C(c1ccccc1)c1ccccc1. The zero-order chi connectivity index (χ0) is 14.4. The molecule has 0 aliphatic rings. The number of nitrogens with one attached hydrogen (secondary N) is 1. The number of rotatable bonds is 6. The van der Waals surface area contributed by atoms with Gasteiger partial charge in [-0.25, -0.2) is 0 Å². The molecule has 2 aromatic carbocycles. The van der Waals surface area contributed by atoms with Gasteiger partial charge in [0.1, 0.15) is 0 Å². The van der Waals surface area contributed by atoms with Crippen molar-refractivity contribution in [3.8, 4) is 0 Å². The Morgan fingerprint density at radius 1 is 0.850 bits per heavy atom. The molecule has 0 radical (unpaired) electrons. The van der Waals surface area contributed by atoms with Crippen molar-refractivity contribution in [2.75, 3.05) is 6.61 Å². The molecule has 0 bridgehead atoms. The Bertz CT molecular complexity index is 456. The van der Waals surface area contributed by atoms with Gasteiger partial charge in [-0.05, 0) is 11.1 Å². The van der Waals surface area contributed by atoms with Gasteiger partial charge >= 0.3 is 0 Å². The molecule has 2 N–H and O–H groups in total. The summed E-state index contributed by atoms with van der Waals surface area (Å²) in [5.41, 5.74) is 2.46. The van der Waals surface area contributed by atoms with E-state index in [-0.39, 0.29) is 18.6 Å². The first-order valence-electron chi connectivity index (χ1n) is 7.19. The largest absolute Gasteiger partial charge is 0.395 e. The molecule has 1 atom stereocenters. The second-order valence-corrected chi connectivity index (χ2v) is 5.41. The van der Waals surface area contributed by atoms with Gasteiger partial charge in [0, 0.05) is 18.0 Å². The molecule has 0 aliphatic heterocycles. The Labute approximate surface area is 121 Å². The van der Waals surface area contributed by atoms with Crippen molar-refractivity contribution in [1.82, 2.24) is 5.32 Å². The van der Waals surface area contributed by atoms with Gasteiger partial charge in [-0.3, -0.25) is 0 Å². The van der Waals surface area contributed by atoms with Crippen LogP contribution in [0.3, 0.4) is 0 Å². The van der Waals surface area contributed by atoms with Crippen LogP contribution in [0.4, 0.5) is 0 Å². The zero-order valence-corrected chi connectivity index (χ0v) is 12.2. The Morgan fingerprint density at radius 3 is 1.65 bits per heavy atom. The normalized spacial score (nSPS) is 12.8. The number of benzene rings is 2. The Balaban J connectivity index is 2.38. The lowest BCUT2D eigenvalue weighted by Gasteiger charge is -2.29. The fraction of sp³-hybridized carbons (Fsp3) is 0.333. The van der Waals surface area contributed by atoms with Crippen LogP contribution in [0.1, 0.15) is 30.9 Å². The smallest absolute Gasteiger partial charge is 0.0594 e. The number of aliphatic hydroxyl groups excluding tert-OH is 1. The molecule has 0 fully saturated rings. The van der Waals surface area contributed by atoms with Crippen molar-refractivity contribution < 1.29 is 5.11 Å². The van der Waals surface area contributed by atoms with Gasteiger partial charge in [0.15, 0.2) is 0 Å². The maximum atomic E-state index is 9.81. The summed E-state index contributed by atoms with van der Waals surface area (Å²) in [4.78, 5) is 0. The average Bonchev–Trinajstić information content (AvgIpc) is 2.48. The molecule has 0 aliphatic carbocycles. The minimum atomic E-state index is 0.0137. The van der Waals surface area contributed by atoms with Gasteiger partial charge < -0.3 is 10.4 Å². The molecule has 0 saturated heterocycles. The Morgan fingerprint density at radius 2 is 1.30 bits per heavy atom. The van der Waals surface area contributed by atoms with Crippen LogP contribution >= 0.6 is 0 Å². The third-order valence-electron chi connectivity index (χ3n) is 3.46. The topological polar surface area (TPSA) is 32.3 Å². The molecule has 20 heavy (non-hydrogen) atoms. The Kier molecular flexibility index (Phi) is 5.33. The van der Waals surface area contributed by atoms with Crippen LogP contribution in [0.15, 0.2) is 60.7 Å². The van der Waals surface area contributed by atoms with Gasteiger partial charge in [-0.15, -0.1) is 0 Å². The van der Waals surface area contributed by atoms with Crippen molar-refractivity contribution in [2.45, 2.75) is 31.8 Å². The van der Waals surface area contributed by atoms with E-state index in [9.17, 15) is 5.11 Å². The van der Waals surface area contributed by atoms with E-state index in [1.807, 2.05) is 12.1 Å². The van der Waals surface area contributed by atoms with Gasteiger partial charge in [0.25, 0.3) is 0 Å². The summed E-state index contributed by atoms with van der Waals surface area (Å²) in [6, 6.07) is 21.1. The molecule has 0 aromatic heterocycles. The lowest BCUT2D eigenvalue weighted by molar-refractivity contribution is 0.223. The molecule has 2 heteroatoms. The number of aliphatic hydroxyl groups is 1. The van der Waals surface area contributed by atoms with Crippen LogP contribution in [0.2, 0.25) is 0 Å². The summed E-state index contributed by atoms with van der Waals surface area (Å²) in [7, 11) is 0. The summed E-state index contributed by atoms with van der Waals surface area (Å²) >= 11 is 0. The van der Waals surface area contributed by atoms with Crippen molar-refractivity contribution in [3.05, 3.63) is 71.8 Å². The van der Waals surface area contributed by atoms with E-state index in [1.165, 1.54) is 11.1 Å². The molecule has 2 nitrogen and oxygen atoms in total. The fourth-order valence-corrected chi connectivity index (χ4v) is 2.66. The first kappa shape index (κ1) is 14.8. The molecule has 0 heterocycles. The van der Waals surface area contributed by atoms with Crippen molar-refractivity contribution >= 4 is 0 Å². The van der Waals surface area contributed by atoms with Crippen LogP contribution in [0.5, 0.6) is 0 Å². The molecule has 1 unspecified atom stereocenters. The van der Waals surface area contributed by atoms with Crippen LogP contribution in [0, 0.1) is 0 Å². The molecule has 2 aromatic rings. The highest BCUT2D eigenvalue weighted by molar-refractivity contribution is 5.34. The van der Waals surface area contributed by atoms with Crippen LogP contribution < -0.4 is 5.32 Å². The molecule has 0 spiro atoms. The highest BCUT2D eigenvalue weighted by Crippen LogP contribution is 2.28. The molecular formula is C18H23NO. The van der Waals surface area contributed by atoms with E-state index in [4.69, 9.17) is 0 Å². The summed E-state index contributed by atoms with van der Waals surface area (Å²) in [5, 5.41) is 13.3. The first-order valence-corrected chi connectivity index (χ1v) is 7.19. The van der Waals surface area contributed by atoms with Crippen LogP contribution in [-0.4, -0.2) is 23.8 Å². The first-order chi connectivity index (χ1) is 9.72. The summed E-state index contributed by atoms with van der Waals surface area (Å²) in [6.45, 7) is 4.33. The summed E-state index contributed by atoms with van der Waals surface area (Å²) in [5.74, 6) is 0.157. The number of hydrogen-bond acceptors (Lipinski definition) is 2. The van der Waals surface area contributed by atoms with Crippen LogP contribution in [0.25, 0.3) is 0 Å². The van der Waals surface area contributed by atoms with E-state index >= 15 is 0 Å². The predicted octanol–water partition coefficient (Wildman–Crippen LogP) is 3.18. The van der Waals surface area contributed by atoms with Gasteiger partial charge in [0.05, 0.1) is 6.61 Å². The third-order valence-corrected chi connectivity index (χ3v) is 3.46. The minimum absolute atomic E-state index is 0.0137. The predicted molar refractivity (Wildman–Crippen MR) is 83.9 cm³/mol. The highest BCUT2D eigenvalue weighted by Gasteiger charge is 2.24. The van der Waals surface area contributed by atoms with Crippen LogP contribution in [-0.2, 0) is 0 Å². The van der Waals surface area contributed by atoms with Crippen molar-refractivity contribution in [2.24, 2.45) is 0 Å². The maximum Gasteiger partial charge on any atom is 0.0594 e. The summed E-state index contributed by atoms with van der Waals surface area (Å²) < 4.78 is 0. The zero-order valence-electron chi connectivity index (χ0n) is 12.2. The lowest BCUT2D eigenvalue weighted by atomic mass is 9.85. The van der Waals surface area contributed by atoms with Crippen molar-refractivity contribution in [1.29, 1.82) is 0 Å². The quantitative estimate of drug-likeness (QED) is 0.844. The molecule has 106 valence electrons. The second kappa shape index (κ2) is 7.22. The average molecular weight is 269 g/mol. The monoisotopic (exact) mass is 269 g/mol. The number of hydrogen-bond donors (Lipinski definition) is 2. The maximum absolute atomic E-state index is 9.81. The standard InChI is InChI=1S/C18H23NO/c1-14(2)19-17(13-20)18(15-9-5-3-6-10-15)16-11-7-4-8-12-16/h3-12,14,17-20H,13H2,1-2H3. The Hall–Kier alpha value is -1.64. The van der Waals surface area contributed by atoms with E-state index < -0.39 is 0 Å². The van der Waals surface area contributed by atoms with Gasteiger partial charge in [-0.2, -0.15) is 0 Å².